The molecule has 0 unspecified atom stereocenters. The van der Waals surface area contributed by atoms with E-state index >= 15 is 0 Å². The van der Waals surface area contributed by atoms with Crippen LogP contribution < -0.4 is 10.1 Å². The lowest BCUT2D eigenvalue weighted by atomic mass is 10.1. The third-order valence-corrected chi connectivity index (χ3v) is 4.84. The molecule has 1 aromatic heterocycles. The summed E-state index contributed by atoms with van der Waals surface area (Å²) in [5, 5.41) is 2.93. The van der Waals surface area contributed by atoms with Gasteiger partial charge < -0.3 is 19.4 Å². The molecular weight excluding hydrogens is 378 g/mol. The number of ether oxygens (including phenoxy) is 2. The highest BCUT2D eigenvalue weighted by molar-refractivity contribution is 6.04. The fraction of sp³-hybridized carbons (Fsp3) is 0.167. The van der Waals surface area contributed by atoms with Gasteiger partial charge in [-0.1, -0.05) is 18.2 Å². The van der Waals surface area contributed by atoms with Crippen LogP contribution in [-0.4, -0.2) is 35.8 Å². The normalized spacial score (nSPS) is 10.9. The monoisotopic (exact) mass is 401 g/mol. The van der Waals surface area contributed by atoms with E-state index in [2.05, 4.69) is 9.88 Å². The molecule has 30 heavy (non-hydrogen) atoms. The Morgan fingerprint density at radius 2 is 1.80 bits per heavy atom. The van der Waals surface area contributed by atoms with Crippen LogP contribution in [0, 0.1) is 0 Å². The van der Waals surface area contributed by atoms with E-state index in [0.717, 1.165) is 22.4 Å². The molecule has 3 aromatic carbocycles. The number of rotatable bonds is 7. The number of aryl methyl sites for hydroxylation is 1. The zero-order valence-electron chi connectivity index (χ0n) is 17.0. The predicted molar refractivity (Wildman–Crippen MR) is 118 cm³/mol. The zero-order valence-corrected chi connectivity index (χ0v) is 17.0. The molecule has 0 spiro atoms. The van der Waals surface area contributed by atoms with Crippen molar-refractivity contribution in [3.63, 3.8) is 0 Å². The Balaban J connectivity index is 1.47. The van der Waals surface area contributed by atoms with Crippen LogP contribution in [0.5, 0.6) is 5.75 Å². The second-order valence-electron chi connectivity index (χ2n) is 6.88. The fourth-order valence-corrected chi connectivity index (χ4v) is 3.28. The molecule has 0 saturated carbocycles. The Morgan fingerprint density at radius 3 is 2.57 bits per heavy atom. The number of para-hydroxylation sites is 2. The molecule has 4 rings (SSSR count). The van der Waals surface area contributed by atoms with Gasteiger partial charge in [0.15, 0.2) is 0 Å². The number of carbonyl (C=O) groups excluding carboxylic acids is 1. The first kappa shape index (κ1) is 19.7. The number of amides is 1. The zero-order chi connectivity index (χ0) is 20.9. The van der Waals surface area contributed by atoms with Crippen molar-refractivity contribution in [1.82, 2.24) is 9.55 Å². The van der Waals surface area contributed by atoms with Crippen LogP contribution in [0.15, 0.2) is 72.8 Å². The van der Waals surface area contributed by atoms with Gasteiger partial charge in [0.2, 0.25) is 0 Å². The smallest absolute Gasteiger partial charge is 0.255 e. The highest BCUT2D eigenvalue weighted by Crippen LogP contribution is 2.25. The van der Waals surface area contributed by atoms with Crippen molar-refractivity contribution in [2.75, 3.05) is 25.6 Å². The van der Waals surface area contributed by atoms with Crippen LogP contribution in [-0.2, 0) is 11.8 Å². The van der Waals surface area contributed by atoms with Crippen molar-refractivity contribution < 1.29 is 14.3 Å². The number of carbonyl (C=O) groups is 1. The first-order valence-electron chi connectivity index (χ1n) is 9.71. The van der Waals surface area contributed by atoms with Gasteiger partial charge in [0.1, 0.15) is 18.2 Å². The van der Waals surface area contributed by atoms with Crippen LogP contribution in [0.3, 0.4) is 0 Å². The number of aromatic nitrogens is 2. The maximum absolute atomic E-state index is 12.6. The van der Waals surface area contributed by atoms with Gasteiger partial charge in [-0.2, -0.15) is 0 Å². The van der Waals surface area contributed by atoms with Gasteiger partial charge in [0.25, 0.3) is 5.91 Å². The van der Waals surface area contributed by atoms with E-state index in [4.69, 9.17) is 14.5 Å². The highest BCUT2D eigenvalue weighted by atomic mass is 16.5. The maximum Gasteiger partial charge on any atom is 0.255 e. The van der Waals surface area contributed by atoms with E-state index in [1.807, 2.05) is 61.6 Å². The third-order valence-electron chi connectivity index (χ3n) is 4.84. The van der Waals surface area contributed by atoms with Gasteiger partial charge in [0, 0.05) is 31.0 Å². The van der Waals surface area contributed by atoms with Crippen molar-refractivity contribution in [3.8, 4) is 17.1 Å². The number of nitrogens with one attached hydrogen (secondary N) is 1. The van der Waals surface area contributed by atoms with Gasteiger partial charge in [0.05, 0.1) is 17.6 Å². The van der Waals surface area contributed by atoms with E-state index in [1.165, 1.54) is 0 Å². The van der Waals surface area contributed by atoms with Crippen molar-refractivity contribution in [3.05, 3.63) is 78.4 Å². The first-order valence-corrected chi connectivity index (χ1v) is 9.71. The van der Waals surface area contributed by atoms with Gasteiger partial charge in [-0.15, -0.1) is 0 Å². The number of anilines is 1. The Labute approximate surface area is 175 Å². The molecule has 0 atom stereocenters. The maximum atomic E-state index is 12.6. The van der Waals surface area contributed by atoms with Gasteiger partial charge in [-0.3, -0.25) is 4.79 Å². The standard InChI is InChI=1S/C24H23N3O3/c1-27-22-9-4-3-8-21(22)26-23(27)17-10-12-19(13-11-17)25-24(28)18-6-5-7-20(16-18)30-15-14-29-2/h3-13,16H,14-15H2,1-2H3,(H,25,28). The average molecular weight is 401 g/mol. The number of benzene rings is 3. The molecule has 0 radical (unpaired) electrons. The van der Waals surface area contributed by atoms with Gasteiger partial charge in [-0.05, 0) is 54.6 Å². The average Bonchev–Trinajstić information content (AvgIpc) is 3.11. The summed E-state index contributed by atoms with van der Waals surface area (Å²) < 4.78 is 12.6. The van der Waals surface area contributed by atoms with E-state index in [1.54, 1.807) is 25.3 Å². The van der Waals surface area contributed by atoms with Gasteiger partial charge in [-0.25, -0.2) is 4.98 Å². The first-order chi connectivity index (χ1) is 14.7. The van der Waals surface area contributed by atoms with Crippen LogP contribution >= 0.6 is 0 Å². The summed E-state index contributed by atoms with van der Waals surface area (Å²) in [5.74, 6) is 1.33. The quantitative estimate of drug-likeness (QED) is 0.463. The molecule has 0 bridgehead atoms. The second kappa shape index (κ2) is 8.80. The second-order valence-corrected chi connectivity index (χ2v) is 6.88. The summed E-state index contributed by atoms with van der Waals surface area (Å²) in [6.45, 7) is 0.930. The Morgan fingerprint density at radius 1 is 1.00 bits per heavy atom. The molecule has 6 nitrogen and oxygen atoms in total. The molecule has 1 heterocycles. The van der Waals surface area contributed by atoms with Crippen molar-refractivity contribution in [1.29, 1.82) is 0 Å². The van der Waals surface area contributed by atoms with Crippen LogP contribution in [0.4, 0.5) is 5.69 Å². The van der Waals surface area contributed by atoms with E-state index in [9.17, 15) is 4.79 Å². The summed E-state index contributed by atoms with van der Waals surface area (Å²) in [6.07, 6.45) is 0. The van der Waals surface area contributed by atoms with Gasteiger partial charge >= 0.3 is 0 Å². The molecule has 0 fully saturated rings. The summed E-state index contributed by atoms with van der Waals surface area (Å²) in [5.41, 5.74) is 4.27. The Kier molecular flexibility index (Phi) is 5.77. The Bertz CT molecular complexity index is 1170. The van der Waals surface area contributed by atoms with E-state index in [-0.39, 0.29) is 5.91 Å². The number of imidazole rings is 1. The van der Waals surface area contributed by atoms with Crippen LogP contribution in [0.25, 0.3) is 22.4 Å². The molecule has 0 aliphatic carbocycles. The molecule has 152 valence electrons. The number of fused-ring (bicyclic) bond motifs is 1. The molecular formula is C24H23N3O3. The lowest BCUT2D eigenvalue weighted by Gasteiger charge is -2.09. The minimum atomic E-state index is -0.192. The van der Waals surface area contributed by atoms with Crippen LogP contribution in [0.1, 0.15) is 10.4 Å². The molecule has 1 amide bonds. The number of methoxy groups -OCH3 is 1. The van der Waals surface area contributed by atoms with E-state index in [0.29, 0.717) is 30.2 Å². The number of hydrogen-bond donors (Lipinski definition) is 1. The molecule has 0 aliphatic heterocycles. The number of nitrogens with zero attached hydrogens (tertiary/aromatic N) is 2. The summed E-state index contributed by atoms with van der Waals surface area (Å²) in [7, 11) is 3.62. The summed E-state index contributed by atoms with van der Waals surface area (Å²) in [4.78, 5) is 17.3. The topological polar surface area (TPSA) is 65.4 Å². The molecule has 0 aliphatic rings. The molecule has 4 aromatic rings. The lowest BCUT2D eigenvalue weighted by molar-refractivity contribution is 0.102. The molecule has 1 N–H and O–H groups in total. The van der Waals surface area contributed by atoms with Crippen molar-refractivity contribution in [2.24, 2.45) is 7.05 Å². The Hall–Kier alpha value is -3.64. The third kappa shape index (κ3) is 4.18. The molecule has 0 saturated heterocycles. The molecule has 6 heteroatoms. The highest BCUT2D eigenvalue weighted by Gasteiger charge is 2.11. The number of hydrogen-bond acceptors (Lipinski definition) is 4. The minimum Gasteiger partial charge on any atom is -0.491 e. The van der Waals surface area contributed by atoms with E-state index < -0.39 is 0 Å². The fourth-order valence-electron chi connectivity index (χ4n) is 3.28. The predicted octanol–water partition coefficient (Wildman–Crippen LogP) is 4.52. The largest absolute Gasteiger partial charge is 0.491 e. The lowest BCUT2D eigenvalue weighted by Crippen LogP contribution is -2.12. The SMILES string of the molecule is COCCOc1cccc(C(=O)Nc2ccc(-c3nc4ccccc4n3C)cc2)c1. The van der Waals surface area contributed by atoms with Crippen molar-refractivity contribution >= 4 is 22.6 Å². The summed E-state index contributed by atoms with van der Waals surface area (Å²) in [6, 6.07) is 22.8. The van der Waals surface area contributed by atoms with Crippen LogP contribution in [0.2, 0.25) is 0 Å². The minimum absolute atomic E-state index is 0.192. The van der Waals surface area contributed by atoms with Crippen molar-refractivity contribution in [2.45, 2.75) is 0 Å². The summed E-state index contributed by atoms with van der Waals surface area (Å²) >= 11 is 0.